The third kappa shape index (κ3) is 2.85. The van der Waals surface area contributed by atoms with Crippen LogP contribution in [0.4, 0.5) is 11.4 Å². The lowest BCUT2D eigenvalue weighted by Gasteiger charge is -2.24. The van der Waals surface area contributed by atoms with Gasteiger partial charge < -0.3 is 9.80 Å². The normalized spacial score (nSPS) is 17.0. The number of rotatable bonds is 1. The van der Waals surface area contributed by atoms with Gasteiger partial charge in [-0.1, -0.05) is 19.1 Å². The Morgan fingerprint density at radius 3 is 2.63 bits per heavy atom. The van der Waals surface area contributed by atoms with E-state index in [-0.39, 0.29) is 17.7 Å². The van der Waals surface area contributed by atoms with Gasteiger partial charge in [-0.05, 0) is 48.9 Å². The van der Waals surface area contributed by atoms with Crippen LogP contribution < -0.4 is 9.80 Å². The van der Waals surface area contributed by atoms with Crippen molar-refractivity contribution in [3.05, 3.63) is 65.9 Å². The average molecular weight is 359 g/mol. The summed E-state index contributed by atoms with van der Waals surface area (Å²) < 4.78 is 0. The third-order valence-corrected chi connectivity index (χ3v) is 5.19. The fraction of sp³-hybridized carbons (Fsp3) is 0.227. The third-order valence-electron chi connectivity index (χ3n) is 5.19. The summed E-state index contributed by atoms with van der Waals surface area (Å²) in [5.74, 6) is -0.380. The van der Waals surface area contributed by atoms with E-state index in [0.29, 0.717) is 12.1 Å². The lowest BCUT2D eigenvalue weighted by atomic mass is 10.0. The van der Waals surface area contributed by atoms with Gasteiger partial charge in [-0.25, -0.2) is 0 Å². The second kappa shape index (κ2) is 6.50. The number of carbonyl (C=O) groups is 2. The van der Waals surface area contributed by atoms with Crippen LogP contribution in [0.15, 0.2) is 54.7 Å². The maximum absolute atomic E-state index is 13.4. The minimum Gasteiger partial charge on any atom is -0.313 e. The van der Waals surface area contributed by atoms with Crippen LogP contribution in [0.2, 0.25) is 0 Å². The molecular formula is C22H21N3O2. The number of carbonyl (C=O) groups excluding carboxylic acids is 2. The van der Waals surface area contributed by atoms with Crippen molar-refractivity contribution in [1.82, 2.24) is 4.98 Å². The maximum atomic E-state index is 13.4. The Morgan fingerprint density at radius 2 is 1.85 bits per heavy atom. The number of aryl methyl sites for hydroxylation is 1. The van der Waals surface area contributed by atoms with Crippen LogP contribution in [0, 0.1) is 12.8 Å². The van der Waals surface area contributed by atoms with Crippen molar-refractivity contribution in [1.29, 1.82) is 0 Å². The second-order valence-electron chi connectivity index (χ2n) is 7.06. The van der Waals surface area contributed by atoms with Gasteiger partial charge in [0.1, 0.15) is 0 Å². The van der Waals surface area contributed by atoms with Gasteiger partial charge in [-0.15, -0.1) is 0 Å². The van der Waals surface area contributed by atoms with Crippen LogP contribution in [0.25, 0.3) is 10.9 Å². The van der Waals surface area contributed by atoms with Crippen molar-refractivity contribution < 1.29 is 9.59 Å². The number of amides is 2. The quantitative estimate of drug-likeness (QED) is 0.664. The molecule has 1 atom stereocenters. The molecule has 0 radical (unpaired) electrons. The molecule has 136 valence electrons. The van der Waals surface area contributed by atoms with E-state index < -0.39 is 0 Å². The highest BCUT2D eigenvalue weighted by Crippen LogP contribution is 2.34. The minimum atomic E-state index is -0.282. The minimum absolute atomic E-state index is 0.0105. The van der Waals surface area contributed by atoms with Crippen LogP contribution >= 0.6 is 0 Å². The molecule has 0 aliphatic carbocycles. The van der Waals surface area contributed by atoms with E-state index in [0.717, 1.165) is 27.8 Å². The van der Waals surface area contributed by atoms with E-state index in [1.54, 1.807) is 29.1 Å². The van der Waals surface area contributed by atoms with Crippen LogP contribution in [0.3, 0.4) is 0 Å². The van der Waals surface area contributed by atoms with Gasteiger partial charge in [0.2, 0.25) is 5.91 Å². The van der Waals surface area contributed by atoms with E-state index >= 15 is 0 Å². The van der Waals surface area contributed by atoms with Gasteiger partial charge in [-0.3, -0.25) is 14.6 Å². The molecule has 5 heteroatoms. The molecule has 5 nitrogen and oxygen atoms in total. The molecular weight excluding hydrogens is 338 g/mol. The van der Waals surface area contributed by atoms with Crippen LogP contribution in [-0.4, -0.2) is 30.4 Å². The number of anilines is 2. The smallest absolute Gasteiger partial charge is 0.258 e. The van der Waals surface area contributed by atoms with Gasteiger partial charge >= 0.3 is 0 Å². The van der Waals surface area contributed by atoms with Crippen molar-refractivity contribution in [3.63, 3.8) is 0 Å². The Hall–Kier alpha value is -3.21. The molecule has 2 heterocycles. The molecule has 2 amide bonds. The molecule has 0 saturated carbocycles. The Balaban J connectivity index is 1.82. The summed E-state index contributed by atoms with van der Waals surface area (Å²) in [4.78, 5) is 33.7. The molecule has 0 fully saturated rings. The first-order chi connectivity index (χ1) is 13.0. The lowest BCUT2D eigenvalue weighted by Crippen LogP contribution is -2.37. The highest BCUT2D eigenvalue weighted by Gasteiger charge is 2.32. The van der Waals surface area contributed by atoms with E-state index in [9.17, 15) is 9.59 Å². The second-order valence-corrected chi connectivity index (χ2v) is 7.06. The predicted octanol–water partition coefficient (Wildman–Crippen LogP) is 3.80. The predicted molar refractivity (Wildman–Crippen MR) is 107 cm³/mol. The van der Waals surface area contributed by atoms with Crippen molar-refractivity contribution in [2.24, 2.45) is 5.92 Å². The first-order valence-corrected chi connectivity index (χ1v) is 9.01. The van der Waals surface area contributed by atoms with Gasteiger partial charge in [0.15, 0.2) is 0 Å². The van der Waals surface area contributed by atoms with E-state index in [1.807, 2.05) is 56.3 Å². The summed E-state index contributed by atoms with van der Waals surface area (Å²) in [7, 11) is 1.76. The first-order valence-electron chi connectivity index (χ1n) is 9.01. The molecule has 2 aromatic carbocycles. The molecule has 0 spiro atoms. The summed E-state index contributed by atoms with van der Waals surface area (Å²) in [5, 5.41) is 0.965. The summed E-state index contributed by atoms with van der Waals surface area (Å²) in [6.45, 7) is 4.22. The van der Waals surface area contributed by atoms with Gasteiger partial charge in [0.05, 0.1) is 22.8 Å². The average Bonchev–Trinajstić information content (AvgIpc) is 2.78. The van der Waals surface area contributed by atoms with Crippen molar-refractivity contribution >= 4 is 34.1 Å². The summed E-state index contributed by atoms with van der Waals surface area (Å²) in [5.41, 5.74) is 4.04. The SMILES string of the molecule is Cc1ccnc2ccc(C(=O)N3CC(C)C(=O)N(C)c4ccccc43)cc12. The van der Waals surface area contributed by atoms with E-state index in [4.69, 9.17) is 0 Å². The zero-order valence-corrected chi connectivity index (χ0v) is 15.6. The van der Waals surface area contributed by atoms with Crippen molar-refractivity contribution in [2.45, 2.75) is 13.8 Å². The van der Waals surface area contributed by atoms with Crippen LogP contribution in [-0.2, 0) is 4.79 Å². The number of nitrogens with zero attached hydrogens (tertiary/aromatic N) is 3. The number of benzene rings is 2. The number of pyridine rings is 1. The molecule has 3 aromatic rings. The van der Waals surface area contributed by atoms with Crippen LogP contribution in [0.5, 0.6) is 0 Å². The van der Waals surface area contributed by atoms with Gasteiger partial charge in [0.25, 0.3) is 5.91 Å². The summed E-state index contributed by atoms with van der Waals surface area (Å²) in [6.07, 6.45) is 1.77. The standard InChI is InChI=1S/C22H21N3O2/c1-14-10-11-23-18-9-8-16(12-17(14)18)22(27)25-13-15(2)21(26)24(3)19-6-4-5-7-20(19)25/h4-12,15H,13H2,1-3H3. The van der Waals surface area contributed by atoms with E-state index in [2.05, 4.69) is 4.98 Å². The number of para-hydroxylation sites is 2. The largest absolute Gasteiger partial charge is 0.313 e. The zero-order chi connectivity index (χ0) is 19.1. The Bertz CT molecular complexity index is 1060. The lowest BCUT2D eigenvalue weighted by molar-refractivity contribution is -0.121. The molecule has 4 rings (SSSR count). The molecule has 0 saturated heterocycles. The highest BCUT2D eigenvalue weighted by atomic mass is 16.2. The highest BCUT2D eigenvalue weighted by molar-refractivity contribution is 6.12. The Labute approximate surface area is 158 Å². The number of fused-ring (bicyclic) bond motifs is 2. The monoisotopic (exact) mass is 359 g/mol. The Kier molecular flexibility index (Phi) is 4.15. The van der Waals surface area contributed by atoms with Gasteiger partial charge in [0, 0.05) is 30.7 Å². The van der Waals surface area contributed by atoms with Crippen LogP contribution in [0.1, 0.15) is 22.8 Å². The number of hydrogen-bond donors (Lipinski definition) is 0. The zero-order valence-electron chi connectivity index (χ0n) is 15.6. The fourth-order valence-electron chi connectivity index (χ4n) is 3.64. The molecule has 27 heavy (non-hydrogen) atoms. The maximum Gasteiger partial charge on any atom is 0.258 e. The number of hydrogen-bond acceptors (Lipinski definition) is 3. The van der Waals surface area contributed by atoms with Crippen molar-refractivity contribution in [3.8, 4) is 0 Å². The molecule has 1 aromatic heterocycles. The molecule has 1 unspecified atom stereocenters. The molecule has 0 bridgehead atoms. The van der Waals surface area contributed by atoms with E-state index in [1.165, 1.54) is 0 Å². The van der Waals surface area contributed by atoms with Crippen molar-refractivity contribution in [2.75, 3.05) is 23.4 Å². The Morgan fingerprint density at radius 1 is 1.11 bits per heavy atom. The molecule has 1 aliphatic rings. The molecule has 0 N–H and O–H groups in total. The first kappa shape index (κ1) is 17.2. The summed E-state index contributed by atoms with van der Waals surface area (Å²) >= 11 is 0. The number of aromatic nitrogens is 1. The van der Waals surface area contributed by atoms with Gasteiger partial charge in [-0.2, -0.15) is 0 Å². The summed E-state index contributed by atoms with van der Waals surface area (Å²) in [6, 6.07) is 15.1. The molecule has 1 aliphatic heterocycles. The fourth-order valence-corrected chi connectivity index (χ4v) is 3.64. The topological polar surface area (TPSA) is 53.5 Å².